The van der Waals surface area contributed by atoms with Crippen molar-refractivity contribution in [3.05, 3.63) is 47.3 Å². The number of nitrogens with zero attached hydrogens (tertiary/aromatic N) is 3. The lowest BCUT2D eigenvalue weighted by Crippen LogP contribution is -2.46. The maximum Gasteiger partial charge on any atom is 0.0679 e. The predicted octanol–water partition coefficient (Wildman–Crippen LogP) is 2.57. The summed E-state index contributed by atoms with van der Waals surface area (Å²) in [6.07, 6.45) is 4.57. The highest BCUT2D eigenvalue weighted by Gasteiger charge is 2.35. The molecule has 2 heterocycles. The third-order valence-corrected chi connectivity index (χ3v) is 5.90. The molecule has 1 aromatic heterocycles. The molecule has 2 N–H and O–H groups in total. The van der Waals surface area contributed by atoms with Gasteiger partial charge < -0.3 is 10.4 Å². The summed E-state index contributed by atoms with van der Waals surface area (Å²) in [4.78, 5) is 2.49. The van der Waals surface area contributed by atoms with Crippen LogP contribution in [0.3, 0.4) is 0 Å². The van der Waals surface area contributed by atoms with Gasteiger partial charge in [-0.25, -0.2) is 4.68 Å². The quantitative estimate of drug-likeness (QED) is 0.866. The molecule has 2 aromatic rings. The molecule has 0 radical (unpaired) electrons. The second-order valence-electron chi connectivity index (χ2n) is 7.93. The summed E-state index contributed by atoms with van der Waals surface area (Å²) in [5.74, 6) is 0. The molecule has 0 bridgehead atoms. The molecule has 5 heteroatoms. The third-order valence-electron chi connectivity index (χ3n) is 5.90. The lowest BCUT2D eigenvalue weighted by Gasteiger charge is -2.30. The van der Waals surface area contributed by atoms with Crippen LogP contribution >= 0.6 is 0 Å². The van der Waals surface area contributed by atoms with E-state index in [4.69, 9.17) is 0 Å². The molecule has 1 saturated heterocycles. The van der Waals surface area contributed by atoms with E-state index in [9.17, 15) is 5.11 Å². The molecule has 1 aliphatic heterocycles. The number of β-amino-alcohol motifs (C(OH)–C–C–N with tert-alkyl or cyclic N) is 1. The molecule has 26 heavy (non-hydrogen) atoms. The van der Waals surface area contributed by atoms with Gasteiger partial charge in [-0.3, -0.25) is 4.90 Å². The van der Waals surface area contributed by atoms with Gasteiger partial charge in [0.25, 0.3) is 0 Å². The number of rotatable bonds is 5. The number of hydrogen-bond acceptors (Lipinski definition) is 4. The fourth-order valence-corrected chi connectivity index (χ4v) is 4.58. The second kappa shape index (κ2) is 7.51. The van der Waals surface area contributed by atoms with E-state index in [-0.39, 0.29) is 6.10 Å². The Hall–Kier alpha value is -1.69. The molecule has 1 unspecified atom stereocenters. The van der Waals surface area contributed by atoms with E-state index in [0.717, 1.165) is 43.1 Å². The first-order valence-corrected chi connectivity index (χ1v) is 9.88. The molecule has 2 aliphatic rings. The number of aryl methyl sites for hydroxylation is 2. The van der Waals surface area contributed by atoms with Crippen LogP contribution in [-0.4, -0.2) is 51.1 Å². The number of likely N-dealkylation sites (tertiary alicyclic amines) is 1. The van der Waals surface area contributed by atoms with Gasteiger partial charge in [-0.1, -0.05) is 18.6 Å². The molecular formula is C21H30N4O. The van der Waals surface area contributed by atoms with Crippen molar-refractivity contribution in [2.75, 3.05) is 13.1 Å². The Bertz CT molecular complexity index is 739. The van der Waals surface area contributed by atoms with Gasteiger partial charge in [-0.15, -0.1) is 0 Å². The summed E-state index contributed by atoms with van der Waals surface area (Å²) in [5.41, 5.74) is 4.63. The largest absolute Gasteiger partial charge is 0.392 e. The Labute approximate surface area is 156 Å². The van der Waals surface area contributed by atoms with Crippen LogP contribution in [0, 0.1) is 13.8 Å². The smallest absolute Gasteiger partial charge is 0.0679 e. The summed E-state index contributed by atoms with van der Waals surface area (Å²) in [6.45, 7) is 6.90. The fraction of sp³-hybridized carbons (Fsp3) is 0.571. The van der Waals surface area contributed by atoms with Crippen LogP contribution in [0.15, 0.2) is 30.3 Å². The highest BCUT2D eigenvalue weighted by molar-refractivity contribution is 5.36. The monoisotopic (exact) mass is 354 g/mol. The zero-order valence-electron chi connectivity index (χ0n) is 15.9. The molecule has 0 amide bonds. The molecule has 1 aromatic carbocycles. The molecular weight excluding hydrogens is 324 g/mol. The van der Waals surface area contributed by atoms with Crippen molar-refractivity contribution in [1.29, 1.82) is 0 Å². The van der Waals surface area contributed by atoms with Crippen molar-refractivity contribution >= 4 is 0 Å². The number of aromatic nitrogens is 2. The van der Waals surface area contributed by atoms with E-state index in [1.165, 1.54) is 24.8 Å². The van der Waals surface area contributed by atoms with Crippen LogP contribution in [0.1, 0.15) is 42.6 Å². The van der Waals surface area contributed by atoms with Crippen LogP contribution in [0.5, 0.6) is 0 Å². The van der Waals surface area contributed by atoms with Crippen molar-refractivity contribution in [2.24, 2.45) is 0 Å². The Morgan fingerprint density at radius 2 is 1.96 bits per heavy atom. The van der Waals surface area contributed by atoms with Gasteiger partial charge in [0.05, 0.1) is 17.5 Å². The number of hydrogen-bond donors (Lipinski definition) is 2. The van der Waals surface area contributed by atoms with Crippen molar-refractivity contribution in [2.45, 2.75) is 64.3 Å². The second-order valence-corrected chi connectivity index (χ2v) is 7.93. The molecule has 2 fully saturated rings. The Morgan fingerprint density at radius 1 is 1.15 bits per heavy atom. The van der Waals surface area contributed by atoms with Gasteiger partial charge in [0.1, 0.15) is 0 Å². The zero-order valence-corrected chi connectivity index (χ0v) is 15.9. The topological polar surface area (TPSA) is 53.3 Å². The van der Waals surface area contributed by atoms with Crippen LogP contribution in [-0.2, 0) is 6.54 Å². The first-order chi connectivity index (χ1) is 12.6. The molecule has 140 valence electrons. The summed E-state index contributed by atoms with van der Waals surface area (Å²) in [5, 5.41) is 18.1. The molecule has 1 saturated carbocycles. The Morgan fingerprint density at radius 3 is 2.62 bits per heavy atom. The predicted molar refractivity (Wildman–Crippen MR) is 104 cm³/mol. The van der Waals surface area contributed by atoms with Gasteiger partial charge >= 0.3 is 0 Å². The van der Waals surface area contributed by atoms with E-state index >= 15 is 0 Å². The van der Waals surface area contributed by atoms with Crippen molar-refractivity contribution in [3.8, 4) is 5.69 Å². The number of benzene rings is 1. The van der Waals surface area contributed by atoms with Crippen LogP contribution in [0.4, 0.5) is 0 Å². The number of aliphatic hydroxyl groups is 1. The van der Waals surface area contributed by atoms with E-state index in [1.807, 2.05) is 11.6 Å². The molecule has 0 spiro atoms. The van der Waals surface area contributed by atoms with Crippen molar-refractivity contribution in [3.63, 3.8) is 0 Å². The number of aliphatic hydroxyl groups excluding tert-OH is 1. The molecule has 1 aliphatic carbocycles. The summed E-state index contributed by atoms with van der Waals surface area (Å²) in [6, 6.07) is 11.9. The maximum absolute atomic E-state index is 9.83. The van der Waals surface area contributed by atoms with Gasteiger partial charge in [-0.2, -0.15) is 5.10 Å². The van der Waals surface area contributed by atoms with Gasteiger partial charge in [0.2, 0.25) is 0 Å². The van der Waals surface area contributed by atoms with Crippen LogP contribution in [0.2, 0.25) is 0 Å². The van der Waals surface area contributed by atoms with Crippen molar-refractivity contribution in [1.82, 2.24) is 20.0 Å². The Balaban J connectivity index is 1.36. The SMILES string of the molecule is Cc1cc(C)n(-c2ccc(CN[C@@H]3CCC[C@@H]3N3CCC(O)C3)cc2)n1. The maximum atomic E-state index is 9.83. The molecule has 4 rings (SSSR count). The minimum absolute atomic E-state index is 0.127. The van der Waals surface area contributed by atoms with Crippen LogP contribution < -0.4 is 5.32 Å². The first-order valence-electron chi connectivity index (χ1n) is 9.88. The Kier molecular flexibility index (Phi) is 5.11. The van der Waals surface area contributed by atoms with Crippen LogP contribution in [0.25, 0.3) is 5.69 Å². The summed E-state index contributed by atoms with van der Waals surface area (Å²) < 4.78 is 2.00. The average Bonchev–Trinajstić information content (AvgIpc) is 3.33. The fourth-order valence-electron chi connectivity index (χ4n) is 4.58. The lowest BCUT2D eigenvalue weighted by molar-refractivity contribution is 0.150. The van der Waals surface area contributed by atoms with Gasteiger partial charge in [-0.05, 0) is 56.9 Å². The first kappa shape index (κ1) is 17.7. The third kappa shape index (κ3) is 3.70. The zero-order chi connectivity index (χ0) is 18.1. The highest BCUT2D eigenvalue weighted by atomic mass is 16.3. The van der Waals surface area contributed by atoms with Gasteiger partial charge in [0.15, 0.2) is 0 Å². The van der Waals surface area contributed by atoms with E-state index in [1.54, 1.807) is 0 Å². The lowest BCUT2D eigenvalue weighted by atomic mass is 10.1. The van der Waals surface area contributed by atoms with E-state index in [0.29, 0.717) is 12.1 Å². The summed E-state index contributed by atoms with van der Waals surface area (Å²) >= 11 is 0. The van der Waals surface area contributed by atoms with E-state index in [2.05, 4.69) is 52.6 Å². The van der Waals surface area contributed by atoms with E-state index < -0.39 is 0 Å². The van der Waals surface area contributed by atoms with Gasteiger partial charge in [0, 0.05) is 37.4 Å². The minimum Gasteiger partial charge on any atom is -0.392 e. The standard InChI is InChI=1S/C21H30N4O/c1-15-12-16(2)25(23-15)18-8-6-17(7-9-18)13-22-20-4-3-5-21(20)24-11-10-19(26)14-24/h6-9,12,19-22,26H,3-5,10-11,13-14H2,1-2H3/t19?,20-,21+/m1/s1. The van der Waals surface area contributed by atoms with Crippen molar-refractivity contribution < 1.29 is 5.11 Å². The molecule has 5 nitrogen and oxygen atoms in total. The minimum atomic E-state index is -0.127. The highest BCUT2D eigenvalue weighted by Crippen LogP contribution is 2.27. The molecule has 3 atom stereocenters. The average molecular weight is 354 g/mol. The number of nitrogens with one attached hydrogen (secondary N) is 1. The summed E-state index contributed by atoms with van der Waals surface area (Å²) in [7, 11) is 0. The normalized spacial score (nSPS) is 26.7.